The van der Waals surface area contributed by atoms with E-state index >= 15 is 0 Å². The lowest BCUT2D eigenvalue weighted by atomic mass is 9.90. The van der Waals surface area contributed by atoms with Gasteiger partial charge in [0.1, 0.15) is 6.61 Å². The molecule has 1 amide bonds. The van der Waals surface area contributed by atoms with E-state index in [4.69, 9.17) is 4.74 Å². The molecule has 0 unspecified atom stereocenters. The minimum Gasteiger partial charge on any atom is -0.363 e. The van der Waals surface area contributed by atoms with Gasteiger partial charge in [-0.1, -0.05) is 38.1 Å². The highest BCUT2D eigenvalue weighted by atomic mass is 16.5. The second kappa shape index (κ2) is 8.31. The zero-order valence-corrected chi connectivity index (χ0v) is 15.9. The largest absolute Gasteiger partial charge is 0.363 e. The van der Waals surface area contributed by atoms with Gasteiger partial charge in [0.2, 0.25) is 5.91 Å². The summed E-state index contributed by atoms with van der Waals surface area (Å²) in [6.07, 6.45) is 3.36. The molecule has 3 rings (SSSR count). The van der Waals surface area contributed by atoms with Gasteiger partial charge in [-0.25, -0.2) is 0 Å². The number of rotatable bonds is 6. The van der Waals surface area contributed by atoms with Crippen LogP contribution in [-0.2, 0) is 9.53 Å². The van der Waals surface area contributed by atoms with Gasteiger partial charge in [0.25, 0.3) is 0 Å². The van der Waals surface area contributed by atoms with Crippen molar-refractivity contribution in [2.24, 2.45) is 0 Å². The molecule has 0 atom stereocenters. The van der Waals surface area contributed by atoms with Crippen molar-refractivity contribution in [2.75, 3.05) is 32.8 Å². The summed E-state index contributed by atoms with van der Waals surface area (Å²) in [5.41, 5.74) is 1.92. The molecule has 5 nitrogen and oxygen atoms in total. The molecule has 5 heteroatoms. The third-order valence-electron chi connectivity index (χ3n) is 5.66. The van der Waals surface area contributed by atoms with Crippen LogP contribution in [0.3, 0.4) is 0 Å². The van der Waals surface area contributed by atoms with Gasteiger partial charge in [0.05, 0.1) is 5.60 Å². The Labute approximate surface area is 156 Å². The third-order valence-corrected chi connectivity index (χ3v) is 5.66. The van der Waals surface area contributed by atoms with Crippen LogP contribution in [0.2, 0.25) is 0 Å². The van der Waals surface area contributed by atoms with Crippen molar-refractivity contribution < 1.29 is 14.3 Å². The maximum atomic E-state index is 12.4. The second-order valence-electron chi connectivity index (χ2n) is 7.89. The van der Waals surface area contributed by atoms with E-state index in [0.717, 1.165) is 44.5 Å². The summed E-state index contributed by atoms with van der Waals surface area (Å²) < 4.78 is 5.80. The van der Waals surface area contributed by atoms with E-state index < -0.39 is 0 Å². The van der Waals surface area contributed by atoms with Gasteiger partial charge in [0.15, 0.2) is 5.78 Å². The number of nitrogens with one attached hydrogen (secondary N) is 1. The topological polar surface area (TPSA) is 58.6 Å². The molecular weight excluding hydrogens is 328 g/mol. The Kier molecular flexibility index (Phi) is 6.09. The van der Waals surface area contributed by atoms with E-state index in [-0.39, 0.29) is 23.9 Å². The minimum absolute atomic E-state index is 0.0157. The minimum atomic E-state index is -0.168. The number of nitrogens with zero attached hydrogens (tertiary/aromatic N) is 1. The van der Waals surface area contributed by atoms with E-state index in [1.807, 2.05) is 12.1 Å². The maximum Gasteiger partial charge on any atom is 0.246 e. The SMILES string of the molecule is CC(C)c1ccc(C(=O)CCCN2CCC3(CC2)CNC(=O)CO3)cc1. The van der Waals surface area contributed by atoms with Crippen molar-refractivity contribution in [1.29, 1.82) is 0 Å². The van der Waals surface area contributed by atoms with Gasteiger partial charge in [-0.2, -0.15) is 0 Å². The van der Waals surface area contributed by atoms with Gasteiger partial charge < -0.3 is 15.0 Å². The van der Waals surface area contributed by atoms with Crippen molar-refractivity contribution in [3.63, 3.8) is 0 Å². The Bertz CT molecular complexity index is 619. The summed E-state index contributed by atoms with van der Waals surface area (Å²) in [5, 5.41) is 2.92. The Morgan fingerprint density at radius 3 is 2.50 bits per heavy atom. The number of ketones is 1. The average molecular weight is 358 g/mol. The van der Waals surface area contributed by atoms with Crippen LogP contribution in [0.4, 0.5) is 0 Å². The molecule has 1 spiro atoms. The summed E-state index contributed by atoms with van der Waals surface area (Å²) in [6.45, 7) is 8.00. The van der Waals surface area contributed by atoms with Gasteiger partial charge in [-0.3, -0.25) is 9.59 Å². The summed E-state index contributed by atoms with van der Waals surface area (Å²) in [6, 6.07) is 8.03. The number of benzene rings is 1. The van der Waals surface area contributed by atoms with E-state index in [9.17, 15) is 9.59 Å². The molecule has 0 aromatic heterocycles. The maximum absolute atomic E-state index is 12.4. The zero-order chi connectivity index (χ0) is 18.6. The van der Waals surface area contributed by atoms with Crippen LogP contribution >= 0.6 is 0 Å². The van der Waals surface area contributed by atoms with Gasteiger partial charge in [-0.05, 0) is 37.3 Å². The number of carbonyl (C=O) groups excluding carboxylic acids is 2. The molecule has 2 heterocycles. The third kappa shape index (κ3) is 4.71. The number of hydrogen-bond donors (Lipinski definition) is 1. The van der Waals surface area contributed by atoms with Crippen LogP contribution in [0.5, 0.6) is 0 Å². The molecule has 0 bridgehead atoms. The number of Topliss-reactive ketones (excluding diaryl/α,β-unsaturated/α-hetero) is 1. The van der Waals surface area contributed by atoms with Gasteiger partial charge in [-0.15, -0.1) is 0 Å². The first-order valence-electron chi connectivity index (χ1n) is 9.74. The zero-order valence-electron chi connectivity index (χ0n) is 15.9. The predicted molar refractivity (Wildman–Crippen MR) is 101 cm³/mol. The van der Waals surface area contributed by atoms with Crippen molar-refractivity contribution in [3.8, 4) is 0 Å². The fourth-order valence-corrected chi connectivity index (χ4v) is 3.75. The lowest BCUT2D eigenvalue weighted by Gasteiger charge is -2.43. The fraction of sp³-hybridized carbons (Fsp3) is 0.619. The molecule has 142 valence electrons. The van der Waals surface area contributed by atoms with E-state index in [1.165, 1.54) is 5.56 Å². The molecule has 1 aromatic carbocycles. The highest BCUT2D eigenvalue weighted by molar-refractivity contribution is 5.96. The number of hydrogen-bond acceptors (Lipinski definition) is 4. The number of ether oxygens (including phenoxy) is 1. The van der Waals surface area contributed by atoms with Crippen LogP contribution in [0.1, 0.15) is 61.4 Å². The fourth-order valence-electron chi connectivity index (χ4n) is 3.75. The van der Waals surface area contributed by atoms with Crippen LogP contribution in [0.15, 0.2) is 24.3 Å². The van der Waals surface area contributed by atoms with Crippen molar-refractivity contribution in [3.05, 3.63) is 35.4 Å². The average Bonchev–Trinajstić information content (AvgIpc) is 2.66. The lowest BCUT2D eigenvalue weighted by molar-refractivity contribution is -0.150. The van der Waals surface area contributed by atoms with Crippen LogP contribution < -0.4 is 5.32 Å². The first kappa shape index (κ1) is 19.1. The second-order valence-corrected chi connectivity index (χ2v) is 7.89. The summed E-state index contributed by atoms with van der Waals surface area (Å²) in [4.78, 5) is 26.0. The van der Waals surface area contributed by atoms with Crippen LogP contribution in [-0.4, -0.2) is 55.0 Å². The normalized spacial score (nSPS) is 20.3. The van der Waals surface area contributed by atoms with E-state index in [0.29, 0.717) is 18.9 Å². The Balaban J connectivity index is 1.39. The van der Waals surface area contributed by atoms with Crippen molar-refractivity contribution in [1.82, 2.24) is 10.2 Å². The molecule has 2 aliphatic rings. The number of carbonyl (C=O) groups is 2. The van der Waals surface area contributed by atoms with Crippen LogP contribution in [0, 0.1) is 0 Å². The van der Waals surface area contributed by atoms with Crippen molar-refractivity contribution >= 4 is 11.7 Å². The van der Waals surface area contributed by atoms with Crippen molar-refractivity contribution in [2.45, 2.75) is 51.0 Å². The summed E-state index contributed by atoms with van der Waals surface area (Å²) in [7, 11) is 0. The Morgan fingerprint density at radius 2 is 1.92 bits per heavy atom. The smallest absolute Gasteiger partial charge is 0.246 e. The van der Waals surface area contributed by atoms with Gasteiger partial charge in [0, 0.05) is 31.6 Å². The number of piperidine rings is 1. The number of amides is 1. The standard InChI is InChI=1S/C21H30N2O3/c1-16(2)17-5-7-18(8-6-17)19(24)4-3-11-23-12-9-21(10-13-23)15-22-20(25)14-26-21/h5-8,16H,3-4,9-15H2,1-2H3,(H,22,25). The number of likely N-dealkylation sites (tertiary alicyclic amines) is 1. The van der Waals surface area contributed by atoms with E-state index in [2.05, 4.69) is 36.2 Å². The van der Waals surface area contributed by atoms with E-state index in [1.54, 1.807) is 0 Å². The Morgan fingerprint density at radius 1 is 1.23 bits per heavy atom. The summed E-state index contributed by atoms with van der Waals surface area (Å²) in [5.74, 6) is 0.702. The lowest BCUT2D eigenvalue weighted by Crippen LogP contribution is -2.57. The molecule has 1 aromatic rings. The monoisotopic (exact) mass is 358 g/mol. The highest BCUT2D eigenvalue weighted by Crippen LogP contribution is 2.27. The molecule has 2 aliphatic heterocycles. The first-order valence-corrected chi connectivity index (χ1v) is 9.74. The molecule has 0 aliphatic carbocycles. The summed E-state index contributed by atoms with van der Waals surface area (Å²) >= 11 is 0. The number of morpholine rings is 1. The predicted octanol–water partition coefficient (Wildman–Crippen LogP) is 2.75. The molecule has 2 fully saturated rings. The molecular formula is C21H30N2O3. The van der Waals surface area contributed by atoms with Crippen LogP contribution in [0.25, 0.3) is 0 Å². The molecule has 0 saturated carbocycles. The van der Waals surface area contributed by atoms with Gasteiger partial charge >= 0.3 is 0 Å². The molecule has 26 heavy (non-hydrogen) atoms. The molecule has 2 saturated heterocycles. The molecule has 0 radical (unpaired) electrons. The highest BCUT2D eigenvalue weighted by Gasteiger charge is 2.38. The Hall–Kier alpha value is -1.72. The first-order chi connectivity index (χ1) is 12.5. The molecule has 1 N–H and O–H groups in total. The quantitative estimate of drug-likeness (QED) is 0.795.